The lowest BCUT2D eigenvalue weighted by Crippen LogP contribution is -2.16. The van der Waals surface area contributed by atoms with Crippen LogP contribution in [0.2, 0.25) is 0 Å². The van der Waals surface area contributed by atoms with E-state index in [1.165, 1.54) is 0 Å². The van der Waals surface area contributed by atoms with E-state index in [0.717, 1.165) is 38.1 Å². The Morgan fingerprint density at radius 1 is 1.37 bits per heavy atom. The van der Waals surface area contributed by atoms with Crippen LogP contribution < -0.4 is 10.6 Å². The lowest BCUT2D eigenvalue weighted by Gasteiger charge is -2.16. The van der Waals surface area contributed by atoms with Gasteiger partial charge in [0.15, 0.2) is 0 Å². The van der Waals surface area contributed by atoms with Crippen LogP contribution in [0.4, 0.5) is 26.2 Å². The van der Waals surface area contributed by atoms with E-state index >= 15 is 0 Å². The second kappa shape index (κ2) is 5.87. The predicted molar refractivity (Wildman–Crippen MR) is 95.9 cm³/mol. The molecule has 2 aromatic heterocycles. The number of nitrogens with zero attached hydrogens (tertiary/aromatic N) is 5. The van der Waals surface area contributed by atoms with Crippen molar-refractivity contribution in [2.45, 2.75) is 58.0 Å². The van der Waals surface area contributed by atoms with Gasteiger partial charge in [0.25, 0.3) is 5.92 Å². The van der Waals surface area contributed by atoms with Crippen LogP contribution in [0.5, 0.6) is 0 Å². The molecule has 7 nitrogen and oxygen atoms in total. The van der Waals surface area contributed by atoms with Gasteiger partial charge in [-0.05, 0) is 33.1 Å². The van der Waals surface area contributed by atoms with Crippen molar-refractivity contribution >= 4 is 17.5 Å². The lowest BCUT2D eigenvalue weighted by atomic mass is 10.2. The number of nitriles is 1. The van der Waals surface area contributed by atoms with Crippen LogP contribution in [0.15, 0.2) is 12.4 Å². The standard InChI is InChI=1S/C18H21F2N7/c1-10-13(8-23-27(10)14-6-17(14,2)9-21)25-16-22-7-12(18(3,19)20)15(26-16)24-11-4-5-11/h7-8,11,14H,4-6H2,1-3H3,(H2,22,24,25,26)/t14-,17-/m1/s1. The van der Waals surface area contributed by atoms with Gasteiger partial charge < -0.3 is 10.6 Å². The number of aromatic nitrogens is 4. The summed E-state index contributed by atoms with van der Waals surface area (Å²) in [7, 11) is 0. The van der Waals surface area contributed by atoms with Crippen LogP contribution in [0.1, 0.15) is 50.4 Å². The number of alkyl halides is 2. The second-order valence-corrected chi connectivity index (χ2v) is 7.73. The van der Waals surface area contributed by atoms with Gasteiger partial charge in [-0.15, -0.1) is 0 Å². The Morgan fingerprint density at radius 3 is 2.70 bits per heavy atom. The molecule has 27 heavy (non-hydrogen) atoms. The van der Waals surface area contributed by atoms with Crippen LogP contribution in [-0.2, 0) is 5.92 Å². The molecule has 2 heterocycles. The normalized spacial score (nSPS) is 24.4. The summed E-state index contributed by atoms with van der Waals surface area (Å²) in [5.41, 5.74) is 0.940. The minimum Gasteiger partial charge on any atom is -0.367 e. The molecule has 0 bridgehead atoms. The molecule has 0 amide bonds. The fourth-order valence-corrected chi connectivity index (χ4v) is 3.09. The molecule has 2 aromatic rings. The zero-order chi connectivity index (χ0) is 19.4. The fourth-order valence-electron chi connectivity index (χ4n) is 3.09. The maximum absolute atomic E-state index is 13.8. The summed E-state index contributed by atoms with van der Waals surface area (Å²) in [6.45, 7) is 4.64. The van der Waals surface area contributed by atoms with E-state index in [-0.39, 0.29) is 34.8 Å². The summed E-state index contributed by atoms with van der Waals surface area (Å²) in [6.07, 6.45) is 5.47. The molecule has 2 saturated carbocycles. The van der Waals surface area contributed by atoms with Crippen molar-refractivity contribution in [3.63, 3.8) is 0 Å². The molecule has 0 aliphatic heterocycles. The van der Waals surface area contributed by atoms with E-state index in [9.17, 15) is 14.0 Å². The van der Waals surface area contributed by atoms with Gasteiger partial charge in [-0.3, -0.25) is 4.68 Å². The third kappa shape index (κ3) is 3.31. The highest BCUT2D eigenvalue weighted by Crippen LogP contribution is 2.55. The lowest BCUT2D eigenvalue weighted by molar-refractivity contribution is 0.0176. The second-order valence-electron chi connectivity index (χ2n) is 7.73. The smallest absolute Gasteiger partial charge is 0.275 e. The Kier molecular flexibility index (Phi) is 3.84. The number of hydrogen-bond acceptors (Lipinski definition) is 6. The van der Waals surface area contributed by atoms with Crippen molar-refractivity contribution in [3.8, 4) is 6.07 Å². The molecule has 9 heteroatoms. The molecule has 142 valence electrons. The first kappa shape index (κ1) is 17.6. The monoisotopic (exact) mass is 373 g/mol. The topological polar surface area (TPSA) is 91.4 Å². The minimum absolute atomic E-state index is 0.0484. The molecule has 0 aromatic carbocycles. The highest BCUT2D eigenvalue weighted by atomic mass is 19.3. The average molecular weight is 373 g/mol. The first-order valence-corrected chi connectivity index (χ1v) is 8.95. The summed E-state index contributed by atoms with van der Waals surface area (Å²) >= 11 is 0. The summed E-state index contributed by atoms with van der Waals surface area (Å²) in [5, 5.41) is 19.7. The molecule has 2 aliphatic carbocycles. The molecule has 2 N–H and O–H groups in total. The first-order valence-electron chi connectivity index (χ1n) is 8.95. The molecule has 2 aliphatic rings. The van der Waals surface area contributed by atoms with E-state index in [4.69, 9.17) is 0 Å². The quantitative estimate of drug-likeness (QED) is 0.798. The molecule has 0 spiro atoms. The number of hydrogen-bond donors (Lipinski definition) is 2. The van der Waals surface area contributed by atoms with E-state index in [0.29, 0.717) is 5.69 Å². The SMILES string of the molecule is Cc1c(Nc2ncc(C(C)(F)F)c(NC3CC3)n2)cnn1[C@@H]1C[C@]1(C)C#N. The Hall–Kier alpha value is -2.76. The summed E-state index contributed by atoms with van der Waals surface area (Å²) < 4.78 is 29.5. The third-order valence-corrected chi connectivity index (χ3v) is 5.21. The van der Waals surface area contributed by atoms with Crippen molar-refractivity contribution in [3.05, 3.63) is 23.7 Å². The minimum atomic E-state index is -3.02. The van der Waals surface area contributed by atoms with Gasteiger partial charge in [0.05, 0.1) is 40.7 Å². The van der Waals surface area contributed by atoms with Crippen LogP contribution in [0, 0.1) is 23.7 Å². The van der Waals surface area contributed by atoms with Crippen LogP contribution >= 0.6 is 0 Å². The van der Waals surface area contributed by atoms with E-state index < -0.39 is 5.92 Å². The summed E-state index contributed by atoms with van der Waals surface area (Å²) in [5.74, 6) is -2.64. The molecular weight excluding hydrogens is 352 g/mol. The Bertz CT molecular complexity index is 923. The first-order chi connectivity index (χ1) is 12.7. The number of nitrogens with one attached hydrogen (secondary N) is 2. The third-order valence-electron chi connectivity index (χ3n) is 5.21. The van der Waals surface area contributed by atoms with Gasteiger partial charge in [0.2, 0.25) is 5.95 Å². The number of rotatable bonds is 6. The largest absolute Gasteiger partial charge is 0.367 e. The predicted octanol–water partition coefficient (Wildman–Crippen LogP) is 3.89. The molecular formula is C18H21F2N7. The van der Waals surface area contributed by atoms with Gasteiger partial charge in [-0.2, -0.15) is 15.3 Å². The number of anilines is 3. The maximum Gasteiger partial charge on any atom is 0.275 e. The van der Waals surface area contributed by atoms with Gasteiger partial charge in [0, 0.05) is 19.2 Å². The Labute approximate surface area is 155 Å². The van der Waals surface area contributed by atoms with Gasteiger partial charge in [-0.1, -0.05) is 0 Å². The molecule has 2 atom stereocenters. The molecule has 2 fully saturated rings. The molecule has 0 saturated heterocycles. The van der Waals surface area contributed by atoms with Crippen LogP contribution in [0.3, 0.4) is 0 Å². The van der Waals surface area contributed by atoms with Crippen molar-refractivity contribution < 1.29 is 8.78 Å². The highest BCUT2D eigenvalue weighted by Gasteiger charge is 2.53. The maximum atomic E-state index is 13.8. The summed E-state index contributed by atoms with van der Waals surface area (Å²) in [4.78, 5) is 8.32. The van der Waals surface area contributed by atoms with Crippen molar-refractivity contribution in [2.75, 3.05) is 10.6 Å². The van der Waals surface area contributed by atoms with Crippen LogP contribution in [0.25, 0.3) is 0 Å². The molecule has 0 unspecified atom stereocenters. The highest BCUT2D eigenvalue weighted by molar-refractivity contribution is 5.58. The fraction of sp³-hybridized carbons (Fsp3) is 0.556. The Morgan fingerprint density at radius 2 is 2.11 bits per heavy atom. The van der Waals surface area contributed by atoms with Crippen LogP contribution in [-0.4, -0.2) is 25.8 Å². The van der Waals surface area contributed by atoms with Crippen molar-refractivity contribution in [1.29, 1.82) is 5.26 Å². The summed E-state index contributed by atoms with van der Waals surface area (Å²) in [6, 6.07) is 2.56. The number of halogens is 2. The van der Waals surface area contributed by atoms with E-state index in [2.05, 4.69) is 31.8 Å². The Balaban J connectivity index is 1.58. The zero-order valence-corrected chi connectivity index (χ0v) is 15.4. The molecule has 4 rings (SSSR count). The molecule has 0 radical (unpaired) electrons. The van der Waals surface area contributed by atoms with Gasteiger partial charge in [0.1, 0.15) is 5.82 Å². The van der Waals surface area contributed by atoms with E-state index in [1.807, 2.05) is 18.5 Å². The zero-order valence-electron chi connectivity index (χ0n) is 15.4. The van der Waals surface area contributed by atoms with E-state index in [1.54, 1.807) is 6.20 Å². The van der Waals surface area contributed by atoms with Gasteiger partial charge >= 0.3 is 0 Å². The van der Waals surface area contributed by atoms with Gasteiger partial charge in [-0.25, -0.2) is 13.8 Å². The van der Waals surface area contributed by atoms with Crippen molar-refractivity contribution in [2.24, 2.45) is 5.41 Å². The van der Waals surface area contributed by atoms with Crippen molar-refractivity contribution in [1.82, 2.24) is 19.7 Å². The average Bonchev–Trinajstić information content (AvgIpc) is 3.50.